The Kier molecular flexibility index (Phi) is 9.10. The Morgan fingerprint density at radius 3 is 2.39 bits per heavy atom. The number of likely N-dealkylation sites (tertiary alicyclic amines) is 1. The lowest BCUT2D eigenvalue weighted by Gasteiger charge is -2.24. The topological polar surface area (TPSA) is 49.8 Å². The molecule has 6 heteroatoms. The van der Waals surface area contributed by atoms with Crippen LogP contribution in [0.2, 0.25) is 5.02 Å². The van der Waals surface area contributed by atoms with Crippen LogP contribution in [0, 0.1) is 0 Å². The molecule has 0 amide bonds. The van der Waals surface area contributed by atoms with E-state index in [1.165, 1.54) is 11.1 Å². The maximum Gasteiger partial charge on any atom is 0.303 e. The average Bonchev–Trinajstić information content (AvgIpc) is 3.10. The zero-order valence-electron chi connectivity index (χ0n) is 15.9. The van der Waals surface area contributed by atoms with E-state index >= 15 is 0 Å². The molecule has 1 N–H and O–H groups in total. The summed E-state index contributed by atoms with van der Waals surface area (Å²) in [6.07, 6.45) is 4.07. The van der Waals surface area contributed by atoms with E-state index in [0.29, 0.717) is 19.1 Å². The molecule has 1 atom stereocenters. The van der Waals surface area contributed by atoms with E-state index in [1.54, 1.807) is 0 Å². The van der Waals surface area contributed by atoms with Crippen molar-refractivity contribution >= 4 is 30.0 Å². The Balaban J connectivity index is 0.00000280. The van der Waals surface area contributed by atoms with E-state index in [2.05, 4.69) is 17.0 Å². The predicted molar refractivity (Wildman–Crippen MR) is 115 cm³/mol. The van der Waals surface area contributed by atoms with Gasteiger partial charge in [-0.15, -0.1) is 12.4 Å². The smallest absolute Gasteiger partial charge is 0.303 e. The van der Waals surface area contributed by atoms with Crippen LogP contribution < -0.4 is 4.74 Å². The van der Waals surface area contributed by atoms with Gasteiger partial charge < -0.3 is 9.84 Å². The number of hydrogen-bond acceptors (Lipinski definition) is 3. The summed E-state index contributed by atoms with van der Waals surface area (Å²) in [5.74, 6) is 0.160. The monoisotopic (exact) mass is 423 g/mol. The highest BCUT2D eigenvalue weighted by molar-refractivity contribution is 6.30. The zero-order chi connectivity index (χ0) is 19.1. The second kappa shape index (κ2) is 11.3. The van der Waals surface area contributed by atoms with Crippen molar-refractivity contribution in [3.8, 4) is 5.75 Å². The van der Waals surface area contributed by atoms with E-state index in [-0.39, 0.29) is 18.8 Å². The first-order valence-corrected chi connectivity index (χ1v) is 9.90. The van der Waals surface area contributed by atoms with Crippen molar-refractivity contribution < 1.29 is 14.6 Å². The first kappa shape index (κ1) is 22.5. The molecule has 0 unspecified atom stereocenters. The van der Waals surface area contributed by atoms with Gasteiger partial charge in [-0.3, -0.25) is 9.69 Å². The van der Waals surface area contributed by atoms with Crippen LogP contribution in [-0.4, -0.2) is 41.7 Å². The number of ether oxygens (including phenoxy) is 1. The Bertz CT molecular complexity index is 734. The molecule has 1 aliphatic rings. The van der Waals surface area contributed by atoms with E-state index in [4.69, 9.17) is 21.4 Å². The molecule has 0 saturated carbocycles. The molecule has 0 spiro atoms. The van der Waals surface area contributed by atoms with Crippen LogP contribution in [0.4, 0.5) is 0 Å². The molecular formula is C22H27Cl2NO3. The van der Waals surface area contributed by atoms with Gasteiger partial charge in [0.05, 0.1) is 0 Å². The van der Waals surface area contributed by atoms with Crippen molar-refractivity contribution in [3.05, 3.63) is 64.7 Å². The van der Waals surface area contributed by atoms with Gasteiger partial charge in [-0.25, -0.2) is 0 Å². The molecule has 1 aliphatic heterocycles. The number of carboxylic acids is 1. The van der Waals surface area contributed by atoms with E-state index in [0.717, 1.165) is 43.1 Å². The van der Waals surface area contributed by atoms with Crippen molar-refractivity contribution in [2.75, 3.05) is 19.7 Å². The summed E-state index contributed by atoms with van der Waals surface area (Å²) in [5.41, 5.74) is 2.47. The fourth-order valence-corrected chi connectivity index (χ4v) is 3.67. The van der Waals surface area contributed by atoms with Gasteiger partial charge in [-0.1, -0.05) is 35.9 Å². The average molecular weight is 424 g/mol. The molecule has 2 aromatic carbocycles. The summed E-state index contributed by atoms with van der Waals surface area (Å²) >= 11 is 5.93. The first-order chi connectivity index (χ1) is 13.1. The van der Waals surface area contributed by atoms with E-state index in [1.807, 2.05) is 36.4 Å². The third-order valence-corrected chi connectivity index (χ3v) is 5.27. The summed E-state index contributed by atoms with van der Waals surface area (Å²) in [6.45, 7) is 2.53. The van der Waals surface area contributed by atoms with Crippen molar-refractivity contribution in [3.63, 3.8) is 0 Å². The number of benzene rings is 2. The molecule has 28 heavy (non-hydrogen) atoms. The molecule has 0 aliphatic carbocycles. The maximum absolute atomic E-state index is 10.7. The zero-order valence-corrected chi connectivity index (χ0v) is 17.4. The predicted octanol–water partition coefficient (Wildman–Crippen LogP) is 5.06. The van der Waals surface area contributed by atoms with Gasteiger partial charge in [0.15, 0.2) is 0 Å². The summed E-state index contributed by atoms with van der Waals surface area (Å²) in [5, 5.41) is 9.54. The van der Waals surface area contributed by atoms with Gasteiger partial charge in [0.1, 0.15) is 12.4 Å². The van der Waals surface area contributed by atoms with Crippen LogP contribution in [-0.2, 0) is 11.2 Å². The Hall–Kier alpha value is -1.75. The molecule has 4 nitrogen and oxygen atoms in total. The van der Waals surface area contributed by atoms with Gasteiger partial charge in [-0.2, -0.15) is 0 Å². The number of rotatable bonds is 9. The van der Waals surface area contributed by atoms with Crippen molar-refractivity contribution in [1.82, 2.24) is 4.90 Å². The van der Waals surface area contributed by atoms with Gasteiger partial charge in [0, 0.05) is 17.5 Å². The van der Waals surface area contributed by atoms with Gasteiger partial charge >= 0.3 is 5.97 Å². The highest BCUT2D eigenvalue weighted by atomic mass is 35.5. The maximum atomic E-state index is 10.7. The van der Waals surface area contributed by atoms with Crippen molar-refractivity contribution in [1.29, 1.82) is 0 Å². The summed E-state index contributed by atoms with van der Waals surface area (Å²) in [4.78, 5) is 13.0. The SMILES string of the molecule is Cl.O=C(O)CCCN1CCC[C@H]1COc1ccc(Cc2ccc(Cl)cc2)cc1. The number of halogens is 2. The van der Waals surface area contributed by atoms with Crippen LogP contribution in [0.5, 0.6) is 5.75 Å². The van der Waals surface area contributed by atoms with Crippen LogP contribution in [0.25, 0.3) is 0 Å². The minimum absolute atomic E-state index is 0. The van der Waals surface area contributed by atoms with E-state index in [9.17, 15) is 4.79 Å². The Labute approximate surface area is 177 Å². The number of aliphatic carboxylic acids is 1. The third kappa shape index (κ3) is 7.01. The molecular weight excluding hydrogens is 397 g/mol. The molecule has 0 radical (unpaired) electrons. The fourth-order valence-electron chi connectivity index (χ4n) is 3.55. The molecule has 0 aromatic heterocycles. The second-order valence-electron chi connectivity index (χ2n) is 7.09. The van der Waals surface area contributed by atoms with Crippen molar-refractivity contribution in [2.45, 2.75) is 38.1 Å². The van der Waals surface area contributed by atoms with Crippen LogP contribution in [0.15, 0.2) is 48.5 Å². The third-order valence-electron chi connectivity index (χ3n) is 5.02. The van der Waals surface area contributed by atoms with Gasteiger partial charge in [0.25, 0.3) is 0 Å². The largest absolute Gasteiger partial charge is 0.492 e. The van der Waals surface area contributed by atoms with E-state index < -0.39 is 5.97 Å². The lowest BCUT2D eigenvalue weighted by atomic mass is 10.1. The molecule has 2 aromatic rings. The highest BCUT2D eigenvalue weighted by Crippen LogP contribution is 2.21. The standard InChI is InChI=1S/C22H26ClNO3.ClH/c23-19-9-5-17(6-10-19)15-18-7-11-21(12-8-18)27-16-20-3-1-13-24(20)14-2-4-22(25)26;/h5-12,20H,1-4,13-16H2,(H,25,26);1H/t20-;/m0./s1. The number of carboxylic acid groups (broad SMARTS) is 1. The first-order valence-electron chi connectivity index (χ1n) is 9.52. The number of hydrogen-bond donors (Lipinski definition) is 1. The lowest BCUT2D eigenvalue weighted by molar-refractivity contribution is -0.137. The molecule has 1 saturated heterocycles. The number of nitrogens with zero attached hydrogens (tertiary/aromatic N) is 1. The highest BCUT2D eigenvalue weighted by Gasteiger charge is 2.24. The summed E-state index contributed by atoms with van der Waals surface area (Å²) in [7, 11) is 0. The normalized spacial score (nSPS) is 16.5. The Morgan fingerprint density at radius 2 is 1.75 bits per heavy atom. The number of carbonyl (C=O) groups is 1. The Morgan fingerprint density at radius 1 is 1.11 bits per heavy atom. The summed E-state index contributed by atoms with van der Waals surface area (Å²) in [6, 6.07) is 16.6. The van der Waals surface area contributed by atoms with Crippen LogP contribution in [0.3, 0.4) is 0 Å². The molecule has 1 fully saturated rings. The molecule has 152 valence electrons. The molecule has 3 rings (SSSR count). The quantitative estimate of drug-likeness (QED) is 0.611. The lowest BCUT2D eigenvalue weighted by Crippen LogP contribution is -2.35. The summed E-state index contributed by atoms with van der Waals surface area (Å²) < 4.78 is 5.99. The van der Waals surface area contributed by atoms with Crippen molar-refractivity contribution in [2.24, 2.45) is 0 Å². The van der Waals surface area contributed by atoms with Crippen LogP contribution >= 0.6 is 24.0 Å². The molecule has 1 heterocycles. The minimum Gasteiger partial charge on any atom is -0.492 e. The van der Waals surface area contributed by atoms with Crippen LogP contribution in [0.1, 0.15) is 36.8 Å². The second-order valence-corrected chi connectivity index (χ2v) is 7.52. The fraction of sp³-hybridized carbons (Fsp3) is 0.409. The van der Waals surface area contributed by atoms with Gasteiger partial charge in [0.2, 0.25) is 0 Å². The minimum atomic E-state index is -0.722. The van der Waals surface area contributed by atoms with Gasteiger partial charge in [-0.05, 0) is 74.2 Å². The molecule has 0 bridgehead atoms.